The van der Waals surface area contributed by atoms with Gasteiger partial charge in [0.2, 0.25) is 5.95 Å². The molecule has 140 valence electrons. The number of nitrogens with zero attached hydrogens (tertiary/aromatic N) is 2. The Morgan fingerprint density at radius 3 is 2.33 bits per heavy atom. The molecule has 0 atom stereocenters. The Labute approximate surface area is 162 Å². The van der Waals surface area contributed by atoms with E-state index in [0.717, 1.165) is 30.2 Å². The maximum absolute atomic E-state index is 4.65. The monoisotopic (exact) mass is 360 g/mol. The first-order valence-corrected chi connectivity index (χ1v) is 9.42. The second-order valence-corrected chi connectivity index (χ2v) is 7.80. The highest BCUT2D eigenvalue weighted by Gasteiger charge is 2.17. The predicted molar refractivity (Wildman–Crippen MR) is 114 cm³/mol. The lowest BCUT2D eigenvalue weighted by Crippen LogP contribution is -2.14. The summed E-state index contributed by atoms with van der Waals surface area (Å²) in [5.74, 6) is 1.46. The quantitative estimate of drug-likeness (QED) is 0.611. The molecule has 0 aliphatic heterocycles. The molecule has 0 aliphatic carbocycles. The fraction of sp³-hybridized carbons (Fsp3) is 0.304. The lowest BCUT2D eigenvalue weighted by molar-refractivity contribution is 0.592. The van der Waals surface area contributed by atoms with Gasteiger partial charge in [0.05, 0.1) is 0 Å². The molecule has 0 radical (unpaired) electrons. The highest BCUT2D eigenvalue weighted by Crippen LogP contribution is 2.31. The van der Waals surface area contributed by atoms with Gasteiger partial charge in [-0.05, 0) is 36.0 Å². The summed E-state index contributed by atoms with van der Waals surface area (Å²) in [6.45, 7) is 9.44. The van der Waals surface area contributed by atoms with Crippen molar-refractivity contribution in [3.8, 4) is 0 Å². The van der Waals surface area contributed by atoms with Crippen molar-refractivity contribution in [1.82, 2.24) is 9.97 Å². The molecule has 4 nitrogen and oxygen atoms in total. The van der Waals surface area contributed by atoms with E-state index in [1.165, 1.54) is 11.1 Å². The van der Waals surface area contributed by atoms with Gasteiger partial charge in [-0.1, -0.05) is 69.3 Å². The second-order valence-electron chi connectivity index (χ2n) is 7.80. The number of hydrogen-bond donors (Lipinski definition) is 2. The first-order chi connectivity index (χ1) is 12.9. The predicted octanol–water partition coefficient (Wildman–Crippen LogP) is 5.48. The molecule has 27 heavy (non-hydrogen) atoms. The zero-order chi connectivity index (χ0) is 19.3. The molecule has 0 saturated carbocycles. The van der Waals surface area contributed by atoms with Crippen LogP contribution in [0.5, 0.6) is 0 Å². The minimum atomic E-state index is 0.0580. The highest BCUT2D eigenvalue weighted by atomic mass is 15.1. The van der Waals surface area contributed by atoms with Crippen LogP contribution in [0.25, 0.3) is 0 Å². The summed E-state index contributed by atoms with van der Waals surface area (Å²) in [5, 5.41) is 6.82. The third-order valence-corrected chi connectivity index (χ3v) is 4.39. The van der Waals surface area contributed by atoms with E-state index in [4.69, 9.17) is 0 Å². The van der Waals surface area contributed by atoms with Crippen molar-refractivity contribution in [2.45, 2.75) is 39.5 Å². The van der Waals surface area contributed by atoms with E-state index in [-0.39, 0.29) is 5.41 Å². The lowest BCUT2D eigenvalue weighted by atomic mass is 9.86. The third kappa shape index (κ3) is 5.30. The molecule has 0 aliphatic rings. The Morgan fingerprint density at radius 1 is 0.889 bits per heavy atom. The zero-order valence-electron chi connectivity index (χ0n) is 16.6. The van der Waals surface area contributed by atoms with Crippen LogP contribution in [-0.4, -0.2) is 16.5 Å². The van der Waals surface area contributed by atoms with Gasteiger partial charge < -0.3 is 10.6 Å². The van der Waals surface area contributed by atoms with E-state index in [2.05, 4.69) is 83.8 Å². The first-order valence-electron chi connectivity index (χ1n) is 9.42. The maximum atomic E-state index is 4.65. The van der Waals surface area contributed by atoms with E-state index in [1.54, 1.807) is 0 Å². The molecule has 0 spiro atoms. The van der Waals surface area contributed by atoms with Crippen molar-refractivity contribution >= 4 is 17.5 Å². The van der Waals surface area contributed by atoms with Gasteiger partial charge in [0.25, 0.3) is 0 Å². The summed E-state index contributed by atoms with van der Waals surface area (Å²) in [5.41, 5.74) is 4.64. The number of nitrogens with one attached hydrogen (secondary N) is 2. The van der Waals surface area contributed by atoms with E-state index in [9.17, 15) is 0 Å². The highest BCUT2D eigenvalue weighted by molar-refractivity contribution is 5.63. The summed E-state index contributed by atoms with van der Waals surface area (Å²) < 4.78 is 0. The van der Waals surface area contributed by atoms with E-state index in [1.807, 2.05) is 25.1 Å². The molecule has 1 aromatic heterocycles. The number of aryl methyl sites for hydroxylation is 1. The molecule has 3 aromatic rings. The van der Waals surface area contributed by atoms with Gasteiger partial charge in [-0.15, -0.1) is 0 Å². The first kappa shape index (κ1) is 18.9. The van der Waals surface area contributed by atoms with Crippen LogP contribution >= 0.6 is 0 Å². The van der Waals surface area contributed by atoms with Crippen molar-refractivity contribution in [2.75, 3.05) is 17.2 Å². The van der Waals surface area contributed by atoms with Crippen molar-refractivity contribution in [3.63, 3.8) is 0 Å². The number of para-hydroxylation sites is 1. The molecule has 0 saturated heterocycles. The van der Waals surface area contributed by atoms with Gasteiger partial charge in [0.15, 0.2) is 0 Å². The van der Waals surface area contributed by atoms with Gasteiger partial charge in [-0.25, -0.2) is 4.98 Å². The average molecular weight is 361 g/mol. The van der Waals surface area contributed by atoms with Crippen LogP contribution < -0.4 is 10.6 Å². The Hall–Kier alpha value is -2.88. The molecule has 3 rings (SSSR count). The number of hydrogen-bond acceptors (Lipinski definition) is 4. The van der Waals surface area contributed by atoms with Crippen LogP contribution in [0.1, 0.15) is 37.6 Å². The van der Waals surface area contributed by atoms with E-state index >= 15 is 0 Å². The van der Waals surface area contributed by atoms with Gasteiger partial charge >= 0.3 is 0 Å². The van der Waals surface area contributed by atoms with Gasteiger partial charge in [-0.2, -0.15) is 4.98 Å². The van der Waals surface area contributed by atoms with Crippen LogP contribution in [0.3, 0.4) is 0 Å². The van der Waals surface area contributed by atoms with Crippen LogP contribution in [0, 0.1) is 6.92 Å². The Kier molecular flexibility index (Phi) is 5.75. The number of benzene rings is 2. The number of rotatable bonds is 6. The van der Waals surface area contributed by atoms with Gasteiger partial charge in [0.1, 0.15) is 5.82 Å². The molecule has 1 heterocycles. The van der Waals surface area contributed by atoms with Crippen molar-refractivity contribution < 1.29 is 0 Å². The van der Waals surface area contributed by atoms with Crippen LogP contribution in [-0.2, 0) is 11.8 Å². The largest absolute Gasteiger partial charge is 0.354 e. The Morgan fingerprint density at radius 2 is 1.59 bits per heavy atom. The third-order valence-electron chi connectivity index (χ3n) is 4.39. The van der Waals surface area contributed by atoms with E-state index < -0.39 is 0 Å². The summed E-state index contributed by atoms with van der Waals surface area (Å²) in [7, 11) is 0. The topological polar surface area (TPSA) is 49.8 Å². The summed E-state index contributed by atoms with van der Waals surface area (Å²) >= 11 is 0. The normalized spacial score (nSPS) is 11.3. The smallest absolute Gasteiger partial charge is 0.224 e. The maximum Gasteiger partial charge on any atom is 0.224 e. The Bertz CT molecular complexity index is 882. The van der Waals surface area contributed by atoms with Crippen molar-refractivity contribution in [2.24, 2.45) is 0 Å². The van der Waals surface area contributed by atoms with Gasteiger partial charge in [0, 0.05) is 24.0 Å². The number of aromatic nitrogens is 2. The standard InChI is InChI=1S/C23H28N4/c1-17-16-21(26-20-13-9-8-12-19(20)23(2,3)4)27-22(25-17)24-15-14-18-10-6-5-7-11-18/h5-13,16H,14-15H2,1-4H3,(H2,24,25,26,27). The SMILES string of the molecule is Cc1cc(Nc2ccccc2C(C)(C)C)nc(NCCc2ccccc2)n1. The lowest BCUT2D eigenvalue weighted by Gasteiger charge is -2.23. The van der Waals surface area contributed by atoms with Crippen molar-refractivity contribution in [3.05, 3.63) is 77.5 Å². The summed E-state index contributed by atoms with van der Waals surface area (Å²) in [4.78, 5) is 9.17. The molecule has 4 heteroatoms. The summed E-state index contributed by atoms with van der Waals surface area (Å²) in [6.07, 6.45) is 0.938. The fourth-order valence-electron chi connectivity index (χ4n) is 3.06. The molecule has 2 N–H and O–H groups in total. The fourth-order valence-corrected chi connectivity index (χ4v) is 3.06. The molecule has 0 fully saturated rings. The molecule has 2 aromatic carbocycles. The molecule has 0 unspecified atom stereocenters. The van der Waals surface area contributed by atoms with Crippen LogP contribution in [0.4, 0.5) is 17.5 Å². The molecule has 0 bridgehead atoms. The van der Waals surface area contributed by atoms with Gasteiger partial charge in [-0.3, -0.25) is 0 Å². The van der Waals surface area contributed by atoms with Crippen LogP contribution in [0.2, 0.25) is 0 Å². The molecular weight excluding hydrogens is 332 g/mol. The zero-order valence-corrected chi connectivity index (χ0v) is 16.6. The Balaban J connectivity index is 1.72. The molecule has 0 amide bonds. The number of anilines is 3. The van der Waals surface area contributed by atoms with Crippen LogP contribution in [0.15, 0.2) is 60.7 Å². The minimum absolute atomic E-state index is 0.0580. The average Bonchev–Trinajstić information content (AvgIpc) is 2.62. The second kappa shape index (κ2) is 8.21. The minimum Gasteiger partial charge on any atom is -0.354 e. The van der Waals surface area contributed by atoms with E-state index in [0.29, 0.717) is 5.95 Å². The summed E-state index contributed by atoms with van der Waals surface area (Å²) in [6, 6.07) is 20.8. The van der Waals surface area contributed by atoms with Crippen molar-refractivity contribution in [1.29, 1.82) is 0 Å². The molecular formula is C23H28N4.